The maximum absolute atomic E-state index is 13.2. The van der Waals surface area contributed by atoms with Gasteiger partial charge in [0.25, 0.3) is 5.91 Å². The predicted octanol–water partition coefficient (Wildman–Crippen LogP) is 3.81. The summed E-state index contributed by atoms with van der Waals surface area (Å²) in [6.07, 6.45) is 1.67. The van der Waals surface area contributed by atoms with Crippen LogP contribution in [0.4, 0.5) is 8.78 Å². The van der Waals surface area contributed by atoms with Crippen LogP contribution >= 0.6 is 11.6 Å². The van der Waals surface area contributed by atoms with Crippen LogP contribution in [0.1, 0.15) is 16.1 Å². The summed E-state index contributed by atoms with van der Waals surface area (Å²) < 4.78 is 33.2. The molecule has 1 amide bonds. The third-order valence-corrected chi connectivity index (χ3v) is 5.46. The van der Waals surface area contributed by atoms with Gasteiger partial charge in [-0.2, -0.15) is 5.10 Å². The normalized spacial score (nSPS) is 14.6. The van der Waals surface area contributed by atoms with Crippen LogP contribution < -0.4 is 4.74 Å². The molecule has 0 atom stereocenters. The largest absolute Gasteiger partial charge is 0.471 e. The van der Waals surface area contributed by atoms with Gasteiger partial charge < -0.3 is 9.64 Å². The summed E-state index contributed by atoms with van der Waals surface area (Å²) in [5, 5.41) is 4.69. The number of carbonyl (C=O) groups is 1. The molecular weight excluding hydrogens is 426 g/mol. The zero-order chi connectivity index (χ0) is 21.8. The number of piperazine rings is 1. The molecule has 0 bridgehead atoms. The van der Waals surface area contributed by atoms with Gasteiger partial charge in [0.2, 0.25) is 0 Å². The number of hydrogen-bond donors (Lipinski definition) is 0. The van der Waals surface area contributed by atoms with E-state index >= 15 is 0 Å². The smallest absolute Gasteiger partial charge is 0.274 e. The number of halogens is 3. The van der Waals surface area contributed by atoms with Crippen molar-refractivity contribution in [2.24, 2.45) is 0 Å². The highest BCUT2D eigenvalue weighted by atomic mass is 35.5. The average molecular weight is 447 g/mol. The third-order valence-electron chi connectivity index (χ3n) is 5.11. The van der Waals surface area contributed by atoms with Gasteiger partial charge in [0.15, 0.2) is 12.4 Å². The van der Waals surface area contributed by atoms with Crippen molar-refractivity contribution in [1.82, 2.24) is 19.6 Å². The Morgan fingerprint density at radius 3 is 2.42 bits per heavy atom. The van der Waals surface area contributed by atoms with E-state index in [0.717, 1.165) is 5.56 Å². The van der Waals surface area contributed by atoms with Gasteiger partial charge in [-0.25, -0.2) is 13.5 Å². The Kier molecular flexibility index (Phi) is 6.48. The lowest BCUT2D eigenvalue weighted by atomic mass is 10.2. The number of ether oxygens (including phenoxy) is 1. The van der Waals surface area contributed by atoms with Crippen LogP contribution in [0.3, 0.4) is 0 Å². The molecule has 1 aliphatic rings. The first-order valence-corrected chi connectivity index (χ1v) is 10.2. The zero-order valence-electron chi connectivity index (χ0n) is 16.7. The van der Waals surface area contributed by atoms with Crippen molar-refractivity contribution < 1.29 is 18.3 Å². The van der Waals surface area contributed by atoms with Crippen LogP contribution in [0.25, 0.3) is 0 Å². The van der Waals surface area contributed by atoms with Crippen molar-refractivity contribution >= 4 is 17.5 Å². The van der Waals surface area contributed by atoms with Gasteiger partial charge in [-0.15, -0.1) is 0 Å². The molecule has 1 fully saturated rings. The summed E-state index contributed by atoms with van der Waals surface area (Å²) >= 11 is 6.11. The summed E-state index contributed by atoms with van der Waals surface area (Å²) in [5.74, 6) is -0.311. The summed E-state index contributed by atoms with van der Waals surface area (Å²) in [6, 6.07) is 11.8. The van der Waals surface area contributed by atoms with Crippen LogP contribution in [-0.4, -0.2) is 51.7 Å². The van der Waals surface area contributed by atoms with E-state index in [1.807, 2.05) is 0 Å². The minimum absolute atomic E-state index is 0.116. The molecule has 9 heteroatoms. The summed E-state index contributed by atoms with van der Waals surface area (Å²) in [5.41, 5.74) is 1.21. The average Bonchev–Trinajstić information content (AvgIpc) is 3.24. The standard InChI is InChI=1S/C22H21ClF2N4O2/c23-20-13-18(25)2-1-16(20)14-27-9-11-28(12-10-27)22(30)21-7-8-29(26-21)15-31-19-5-3-17(24)4-6-19/h1-8,13H,9-12,14-15H2. The number of nitrogens with zero attached hydrogens (tertiary/aromatic N) is 4. The highest BCUT2D eigenvalue weighted by Gasteiger charge is 2.24. The summed E-state index contributed by atoms with van der Waals surface area (Å²) in [6.45, 7) is 3.23. The molecule has 3 aromatic rings. The van der Waals surface area contributed by atoms with E-state index in [4.69, 9.17) is 16.3 Å². The van der Waals surface area contributed by atoms with E-state index in [0.29, 0.717) is 49.2 Å². The zero-order valence-corrected chi connectivity index (χ0v) is 17.4. The molecular formula is C22H21ClF2N4O2. The summed E-state index contributed by atoms with van der Waals surface area (Å²) in [7, 11) is 0. The summed E-state index contributed by atoms with van der Waals surface area (Å²) in [4.78, 5) is 16.7. The minimum atomic E-state index is -0.355. The van der Waals surface area contributed by atoms with E-state index in [-0.39, 0.29) is 24.3 Å². The molecule has 1 aliphatic heterocycles. The van der Waals surface area contributed by atoms with Crippen molar-refractivity contribution in [3.8, 4) is 5.75 Å². The topological polar surface area (TPSA) is 50.6 Å². The fraction of sp³-hybridized carbons (Fsp3) is 0.273. The maximum Gasteiger partial charge on any atom is 0.274 e. The van der Waals surface area contributed by atoms with E-state index in [1.54, 1.807) is 23.2 Å². The van der Waals surface area contributed by atoms with Crippen molar-refractivity contribution in [3.05, 3.63) is 82.6 Å². The molecule has 0 aliphatic carbocycles. The molecule has 2 aromatic carbocycles. The van der Waals surface area contributed by atoms with Crippen LogP contribution in [0.15, 0.2) is 54.7 Å². The van der Waals surface area contributed by atoms with Crippen molar-refractivity contribution in [1.29, 1.82) is 0 Å². The number of carbonyl (C=O) groups excluding carboxylic acids is 1. The molecule has 0 unspecified atom stereocenters. The van der Waals surface area contributed by atoms with Gasteiger partial charge in [-0.3, -0.25) is 9.69 Å². The molecule has 1 aromatic heterocycles. The molecule has 1 saturated heterocycles. The second-order valence-electron chi connectivity index (χ2n) is 7.27. The van der Waals surface area contributed by atoms with Crippen molar-refractivity contribution in [2.75, 3.05) is 26.2 Å². The number of aromatic nitrogens is 2. The lowest BCUT2D eigenvalue weighted by Gasteiger charge is -2.34. The number of hydrogen-bond acceptors (Lipinski definition) is 4. The Morgan fingerprint density at radius 1 is 1.00 bits per heavy atom. The highest BCUT2D eigenvalue weighted by Crippen LogP contribution is 2.20. The van der Waals surface area contributed by atoms with E-state index < -0.39 is 0 Å². The quantitative estimate of drug-likeness (QED) is 0.578. The first-order valence-electron chi connectivity index (χ1n) is 9.85. The molecule has 2 heterocycles. The van der Waals surface area contributed by atoms with Crippen molar-refractivity contribution in [3.63, 3.8) is 0 Å². The first kappa shape index (κ1) is 21.3. The van der Waals surface area contributed by atoms with Crippen LogP contribution in [-0.2, 0) is 13.3 Å². The minimum Gasteiger partial charge on any atom is -0.471 e. The van der Waals surface area contributed by atoms with Crippen LogP contribution in [0, 0.1) is 11.6 Å². The van der Waals surface area contributed by atoms with E-state index in [9.17, 15) is 13.6 Å². The fourth-order valence-corrected chi connectivity index (χ4v) is 3.61. The molecule has 0 spiro atoms. The molecule has 31 heavy (non-hydrogen) atoms. The Balaban J connectivity index is 1.28. The maximum atomic E-state index is 13.2. The van der Waals surface area contributed by atoms with Crippen LogP contribution in [0.2, 0.25) is 5.02 Å². The van der Waals surface area contributed by atoms with Gasteiger partial charge in [0, 0.05) is 43.9 Å². The van der Waals surface area contributed by atoms with Gasteiger partial charge >= 0.3 is 0 Å². The fourth-order valence-electron chi connectivity index (χ4n) is 3.38. The molecule has 6 nitrogen and oxygen atoms in total. The molecule has 162 valence electrons. The number of benzene rings is 2. The monoisotopic (exact) mass is 446 g/mol. The SMILES string of the molecule is O=C(c1ccn(COc2ccc(F)cc2)n1)N1CCN(Cc2ccc(F)cc2Cl)CC1. The molecule has 0 radical (unpaired) electrons. The molecule has 0 saturated carbocycles. The number of amides is 1. The Morgan fingerprint density at radius 2 is 1.71 bits per heavy atom. The second-order valence-corrected chi connectivity index (χ2v) is 7.68. The third kappa shape index (κ3) is 5.39. The Bertz CT molecular complexity index is 1050. The van der Waals surface area contributed by atoms with Crippen LogP contribution in [0.5, 0.6) is 5.75 Å². The molecule has 4 rings (SSSR count). The van der Waals surface area contributed by atoms with Gasteiger partial charge in [0.05, 0.1) is 0 Å². The first-order chi connectivity index (χ1) is 15.0. The Labute approximate surface area is 183 Å². The highest BCUT2D eigenvalue weighted by molar-refractivity contribution is 6.31. The lowest BCUT2D eigenvalue weighted by Crippen LogP contribution is -2.48. The molecule has 0 N–H and O–H groups in total. The van der Waals surface area contributed by atoms with E-state index in [2.05, 4.69) is 10.00 Å². The van der Waals surface area contributed by atoms with Gasteiger partial charge in [-0.1, -0.05) is 17.7 Å². The van der Waals surface area contributed by atoms with Gasteiger partial charge in [0.1, 0.15) is 17.4 Å². The lowest BCUT2D eigenvalue weighted by molar-refractivity contribution is 0.0620. The van der Waals surface area contributed by atoms with Gasteiger partial charge in [-0.05, 0) is 48.0 Å². The second kappa shape index (κ2) is 9.45. The predicted molar refractivity (Wildman–Crippen MR) is 112 cm³/mol. The van der Waals surface area contributed by atoms with Crippen molar-refractivity contribution in [2.45, 2.75) is 13.3 Å². The van der Waals surface area contributed by atoms with E-state index in [1.165, 1.54) is 41.1 Å². The Hall–Kier alpha value is -2.97. The number of rotatable bonds is 6.